The van der Waals surface area contributed by atoms with Gasteiger partial charge in [0.15, 0.2) is 5.82 Å². The fourth-order valence-corrected chi connectivity index (χ4v) is 2.19. The lowest BCUT2D eigenvalue weighted by Crippen LogP contribution is -2.41. The molecule has 0 bridgehead atoms. The number of nitrogens with zero attached hydrogens (tertiary/aromatic N) is 2. The molecule has 1 N–H and O–H groups in total. The van der Waals surface area contributed by atoms with Crippen molar-refractivity contribution in [3.05, 3.63) is 5.82 Å². The zero-order valence-electron chi connectivity index (χ0n) is 10.5. The summed E-state index contributed by atoms with van der Waals surface area (Å²) in [6, 6.07) is 0. The fraction of sp³-hybridized carbons (Fsp3) is 0.818. The molecule has 17 heavy (non-hydrogen) atoms. The van der Waals surface area contributed by atoms with Gasteiger partial charge in [-0.2, -0.15) is 9.36 Å². The average molecular weight is 257 g/mol. The Bertz CT molecular complexity index is 356. The van der Waals surface area contributed by atoms with Crippen molar-refractivity contribution in [2.45, 2.75) is 32.3 Å². The van der Waals surface area contributed by atoms with E-state index in [1.165, 1.54) is 11.5 Å². The molecule has 0 amide bonds. The van der Waals surface area contributed by atoms with Crippen LogP contribution < -0.4 is 10.1 Å². The first kappa shape index (κ1) is 12.7. The highest BCUT2D eigenvalue weighted by Gasteiger charge is 2.21. The molecule has 1 unspecified atom stereocenters. The van der Waals surface area contributed by atoms with Crippen molar-refractivity contribution >= 4 is 11.5 Å². The molecule has 6 heteroatoms. The standard InChI is InChI=1S/C11H19N3O2S/c1-11(2,3)9-13-10(17-14-9)16-7-8-6-12-4-5-15-8/h8,12H,4-7H2,1-3H3. The summed E-state index contributed by atoms with van der Waals surface area (Å²) in [5, 5.41) is 3.89. The Morgan fingerprint density at radius 1 is 1.53 bits per heavy atom. The van der Waals surface area contributed by atoms with E-state index in [1.807, 2.05) is 0 Å². The predicted molar refractivity (Wildman–Crippen MR) is 66.7 cm³/mol. The van der Waals surface area contributed by atoms with Crippen LogP contribution in [0.25, 0.3) is 0 Å². The summed E-state index contributed by atoms with van der Waals surface area (Å²) >= 11 is 1.31. The monoisotopic (exact) mass is 257 g/mol. The summed E-state index contributed by atoms with van der Waals surface area (Å²) in [6.45, 7) is 9.31. The number of rotatable bonds is 3. The van der Waals surface area contributed by atoms with Gasteiger partial charge in [0.2, 0.25) is 0 Å². The molecule has 1 atom stereocenters. The van der Waals surface area contributed by atoms with Crippen molar-refractivity contribution < 1.29 is 9.47 Å². The molecular formula is C11H19N3O2S. The summed E-state index contributed by atoms with van der Waals surface area (Å²) in [5.74, 6) is 0.834. The number of morpholine rings is 1. The van der Waals surface area contributed by atoms with Gasteiger partial charge in [0, 0.05) is 30.0 Å². The first-order valence-corrected chi connectivity index (χ1v) is 6.62. The molecule has 96 valence electrons. The van der Waals surface area contributed by atoms with E-state index in [9.17, 15) is 0 Å². The zero-order chi connectivity index (χ0) is 12.3. The van der Waals surface area contributed by atoms with Gasteiger partial charge in [0.25, 0.3) is 5.19 Å². The van der Waals surface area contributed by atoms with E-state index in [4.69, 9.17) is 9.47 Å². The van der Waals surface area contributed by atoms with E-state index in [1.54, 1.807) is 0 Å². The predicted octanol–water partition coefficient (Wildman–Crippen LogP) is 1.20. The SMILES string of the molecule is CC(C)(C)c1nsc(OCC2CNCCO2)n1. The summed E-state index contributed by atoms with van der Waals surface area (Å²) in [6.07, 6.45) is 0.116. The maximum atomic E-state index is 5.60. The van der Waals surface area contributed by atoms with Crippen molar-refractivity contribution in [2.75, 3.05) is 26.3 Å². The van der Waals surface area contributed by atoms with Crippen LogP contribution >= 0.6 is 11.5 Å². The third-order valence-electron chi connectivity index (χ3n) is 2.48. The second-order valence-electron chi connectivity index (χ2n) is 5.14. The molecule has 2 heterocycles. The van der Waals surface area contributed by atoms with Crippen LogP contribution in [0.3, 0.4) is 0 Å². The molecule has 1 saturated heterocycles. The Kier molecular flexibility index (Phi) is 3.96. The van der Waals surface area contributed by atoms with Gasteiger partial charge in [-0.25, -0.2) is 0 Å². The molecule has 0 aliphatic carbocycles. The molecule has 0 saturated carbocycles. The molecule has 1 aromatic rings. The van der Waals surface area contributed by atoms with E-state index in [0.717, 1.165) is 25.5 Å². The van der Waals surface area contributed by atoms with Gasteiger partial charge in [0.1, 0.15) is 12.7 Å². The van der Waals surface area contributed by atoms with Crippen molar-refractivity contribution in [3.8, 4) is 5.19 Å². The van der Waals surface area contributed by atoms with Gasteiger partial charge in [-0.3, -0.25) is 0 Å². The van der Waals surface area contributed by atoms with Gasteiger partial charge in [-0.15, -0.1) is 0 Å². The summed E-state index contributed by atoms with van der Waals surface area (Å²) in [4.78, 5) is 4.38. The van der Waals surface area contributed by atoms with Crippen LogP contribution in [0.1, 0.15) is 26.6 Å². The van der Waals surface area contributed by atoms with E-state index in [-0.39, 0.29) is 11.5 Å². The molecular weight excluding hydrogens is 238 g/mol. The highest BCUT2D eigenvalue weighted by molar-refractivity contribution is 7.07. The van der Waals surface area contributed by atoms with E-state index in [0.29, 0.717) is 11.8 Å². The Morgan fingerprint density at radius 3 is 2.94 bits per heavy atom. The first-order valence-electron chi connectivity index (χ1n) is 5.85. The molecule has 1 fully saturated rings. The molecule has 1 aliphatic heterocycles. The smallest absolute Gasteiger partial charge is 0.293 e. The lowest BCUT2D eigenvalue weighted by Gasteiger charge is -2.22. The highest BCUT2D eigenvalue weighted by atomic mass is 32.1. The van der Waals surface area contributed by atoms with Crippen molar-refractivity contribution in [3.63, 3.8) is 0 Å². The van der Waals surface area contributed by atoms with E-state index >= 15 is 0 Å². The second-order valence-corrected chi connectivity index (χ2v) is 5.86. The van der Waals surface area contributed by atoms with Crippen LogP contribution in [-0.2, 0) is 10.2 Å². The largest absolute Gasteiger partial charge is 0.466 e. The molecule has 0 spiro atoms. The summed E-state index contributed by atoms with van der Waals surface area (Å²) < 4.78 is 15.4. The maximum Gasteiger partial charge on any atom is 0.293 e. The Balaban J connectivity index is 1.84. The topological polar surface area (TPSA) is 56.3 Å². The number of ether oxygens (including phenoxy) is 2. The first-order chi connectivity index (χ1) is 8.05. The number of hydrogen-bond donors (Lipinski definition) is 1. The van der Waals surface area contributed by atoms with Gasteiger partial charge in [0.05, 0.1) is 6.61 Å². The molecule has 0 radical (unpaired) electrons. The zero-order valence-corrected chi connectivity index (χ0v) is 11.3. The minimum Gasteiger partial charge on any atom is -0.466 e. The third-order valence-corrected chi connectivity index (χ3v) is 3.10. The van der Waals surface area contributed by atoms with Gasteiger partial charge >= 0.3 is 0 Å². The van der Waals surface area contributed by atoms with Gasteiger partial charge in [-0.05, 0) is 0 Å². The van der Waals surface area contributed by atoms with Crippen molar-refractivity contribution in [2.24, 2.45) is 0 Å². The lowest BCUT2D eigenvalue weighted by molar-refractivity contribution is 0.000106. The minimum atomic E-state index is -0.0268. The normalized spacial score (nSPS) is 21.5. The van der Waals surface area contributed by atoms with E-state index < -0.39 is 0 Å². The van der Waals surface area contributed by atoms with Crippen molar-refractivity contribution in [1.82, 2.24) is 14.7 Å². The lowest BCUT2D eigenvalue weighted by atomic mass is 9.96. The molecule has 1 aliphatic rings. The maximum absolute atomic E-state index is 5.60. The highest BCUT2D eigenvalue weighted by Crippen LogP contribution is 2.24. The quantitative estimate of drug-likeness (QED) is 0.882. The van der Waals surface area contributed by atoms with E-state index in [2.05, 4.69) is 35.4 Å². The molecule has 2 rings (SSSR count). The summed E-state index contributed by atoms with van der Waals surface area (Å²) in [5.41, 5.74) is -0.0268. The van der Waals surface area contributed by atoms with Crippen molar-refractivity contribution in [1.29, 1.82) is 0 Å². The second kappa shape index (κ2) is 5.29. The van der Waals surface area contributed by atoms with Crippen LogP contribution in [-0.4, -0.2) is 41.8 Å². The molecule has 1 aromatic heterocycles. The number of aromatic nitrogens is 2. The van der Waals surface area contributed by atoms with Crippen LogP contribution in [0.2, 0.25) is 0 Å². The molecule has 5 nitrogen and oxygen atoms in total. The van der Waals surface area contributed by atoms with Crippen LogP contribution in [0, 0.1) is 0 Å². The Hall–Kier alpha value is -0.720. The Labute approximate surface area is 106 Å². The van der Waals surface area contributed by atoms with Gasteiger partial charge in [-0.1, -0.05) is 20.8 Å². The number of hydrogen-bond acceptors (Lipinski definition) is 6. The minimum absolute atomic E-state index is 0.0268. The number of nitrogens with one attached hydrogen (secondary N) is 1. The fourth-order valence-electron chi connectivity index (χ4n) is 1.46. The summed E-state index contributed by atoms with van der Waals surface area (Å²) in [7, 11) is 0. The molecule has 0 aromatic carbocycles. The van der Waals surface area contributed by atoms with Crippen LogP contribution in [0.5, 0.6) is 5.19 Å². The third kappa shape index (κ3) is 3.62. The Morgan fingerprint density at radius 2 is 2.35 bits per heavy atom. The van der Waals surface area contributed by atoms with Crippen LogP contribution in [0.15, 0.2) is 0 Å². The van der Waals surface area contributed by atoms with Gasteiger partial charge < -0.3 is 14.8 Å². The average Bonchev–Trinajstić information content (AvgIpc) is 2.76. The van der Waals surface area contributed by atoms with Crippen LogP contribution in [0.4, 0.5) is 0 Å².